The number of aromatic nitrogens is 2. The van der Waals surface area contributed by atoms with E-state index < -0.39 is 15.0 Å². The van der Waals surface area contributed by atoms with E-state index in [0.717, 1.165) is 0 Å². The van der Waals surface area contributed by atoms with Crippen LogP contribution in [0.3, 0.4) is 0 Å². The van der Waals surface area contributed by atoms with Crippen LogP contribution in [-0.2, 0) is 0 Å². The van der Waals surface area contributed by atoms with Gasteiger partial charge in [0.05, 0.1) is 57.0 Å². The molecule has 0 N–H and O–H groups in total. The van der Waals surface area contributed by atoms with Crippen molar-refractivity contribution in [2.75, 3.05) is 0 Å². The lowest BCUT2D eigenvalue weighted by atomic mass is 10.0. The molecule has 242 valence electrons. The Hall–Kier alpha value is -2.91. The van der Waals surface area contributed by atoms with E-state index in [0.29, 0.717) is 75.0 Å². The van der Waals surface area contributed by atoms with Gasteiger partial charge >= 0.3 is 15.0 Å². The van der Waals surface area contributed by atoms with Crippen molar-refractivity contribution in [1.82, 2.24) is 7.10 Å². The summed E-state index contributed by atoms with van der Waals surface area (Å²) < 4.78 is 21.3. The van der Waals surface area contributed by atoms with Crippen LogP contribution in [0.1, 0.15) is 22.3 Å². The Morgan fingerprint density at radius 3 is 1.46 bits per heavy atom. The van der Waals surface area contributed by atoms with Crippen LogP contribution in [0.15, 0.2) is 73.5 Å². The Labute approximate surface area is 325 Å². The minimum Gasteiger partial charge on any atom is -0.371 e. The van der Waals surface area contributed by atoms with Crippen molar-refractivity contribution in [3.8, 4) is 0 Å². The minimum atomic E-state index is -4.04. The van der Waals surface area contributed by atoms with Gasteiger partial charge in [0.25, 0.3) is 0 Å². The second-order valence-corrected chi connectivity index (χ2v) is 16.6. The van der Waals surface area contributed by atoms with Crippen molar-refractivity contribution < 1.29 is 3.52 Å². The van der Waals surface area contributed by atoms with E-state index >= 15 is 3.52 Å². The third kappa shape index (κ3) is 4.28. The highest BCUT2D eigenvalue weighted by molar-refractivity contribution is 6.53. The minimum absolute atomic E-state index is 0.170. The Morgan fingerprint density at radius 2 is 0.900 bits per heavy atom. The molecule has 6 bridgehead atoms. The van der Waals surface area contributed by atoms with Gasteiger partial charge in [-0.05, 0) is 54.6 Å². The van der Waals surface area contributed by atoms with Gasteiger partial charge in [-0.3, -0.25) is 0 Å². The Balaban J connectivity index is 1.52. The molecule has 0 radical (unpaired) electrons. The number of rotatable bonds is 0. The van der Waals surface area contributed by atoms with Crippen LogP contribution in [0.5, 0.6) is 0 Å². The number of halogens is 9. The van der Waals surface area contributed by atoms with Crippen molar-refractivity contribution in [2.45, 2.75) is 0 Å². The Morgan fingerprint density at radius 1 is 0.460 bits per heavy atom. The summed E-state index contributed by atoms with van der Waals surface area (Å²) in [6.45, 7) is 0. The van der Waals surface area contributed by atoms with Crippen LogP contribution in [0.4, 0.5) is 15.2 Å². The number of hydrogen-bond acceptors (Lipinski definition) is 5. The zero-order chi connectivity index (χ0) is 34.5. The first-order valence-corrected chi connectivity index (χ1v) is 19.1. The summed E-state index contributed by atoms with van der Waals surface area (Å²) in [6, 6.07) is 13.2. The van der Waals surface area contributed by atoms with Crippen LogP contribution in [0.25, 0.3) is 27.6 Å². The van der Waals surface area contributed by atoms with Crippen molar-refractivity contribution in [1.29, 1.82) is 0 Å². The van der Waals surface area contributed by atoms with Crippen molar-refractivity contribution in [2.24, 2.45) is 25.0 Å². The predicted molar refractivity (Wildman–Crippen MR) is 205 cm³/mol. The highest BCUT2D eigenvalue weighted by Gasteiger charge is 2.42. The molecule has 4 aliphatic rings. The zero-order valence-electron chi connectivity index (χ0n) is 24.3. The molecule has 17 heteroatoms. The Bertz CT molecular complexity index is 2750. The molecular weight excluding hydrogens is 824 g/mol. The summed E-state index contributed by atoms with van der Waals surface area (Å²) >= 11 is 49.6. The van der Waals surface area contributed by atoms with Crippen molar-refractivity contribution >= 4 is 170 Å². The first-order chi connectivity index (χ1) is 24.0. The van der Waals surface area contributed by atoms with Gasteiger partial charge in [0, 0.05) is 38.0 Å². The van der Waals surface area contributed by atoms with Gasteiger partial charge < -0.3 is 10.6 Å². The zero-order valence-corrected chi connectivity index (χ0v) is 31.5. The third-order valence-electron chi connectivity index (χ3n) is 8.97. The molecule has 0 fully saturated rings. The summed E-state index contributed by atoms with van der Waals surface area (Å²) in [7, 11) is 0. The number of hydrogen-bond donors (Lipinski definition) is 0. The first kappa shape index (κ1) is 31.8. The SMILES string of the molecule is [F][Al]1[n]2c3c4cc(Cl)c(Cl)cc4c2N=C2N=C(N=c4c5cc(Cl)c(Cl)cc5c([n]41)=CC1=NC(=N3)c3c(Cl)ccc(Cl)c31)c1c(Cl)ccc(Cl)c12. The summed E-state index contributed by atoms with van der Waals surface area (Å²) in [5.74, 6) is 0.916. The van der Waals surface area contributed by atoms with Crippen LogP contribution >= 0.6 is 92.8 Å². The summed E-state index contributed by atoms with van der Waals surface area (Å²) in [5, 5.41) is 4.68. The highest BCUT2D eigenvalue weighted by atomic mass is 35.5. The van der Waals surface area contributed by atoms with E-state index in [1.807, 2.05) is 0 Å². The molecule has 0 aliphatic carbocycles. The molecule has 0 atom stereocenters. The van der Waals surface area contributed by atoms with Crippen LogP contribution in [-0.4, -0.2) is 45.4 Å². The monoisotopic (exact) mass is 829 g/mol. The molecule has 0 unspecified atom stereocenters. The lowest BCUT2D eigenvalue weighted by Crippen LogP contribution is -2.43. The molecule has 0 spiro atoms. The molecule has 0 saturated carbocycles. The van der Waals surface area contributed by atoms with Gasteiger partial charge in [-0.2, -0.15) is 0 Å². The molecule has 0 amide bonds. The number of benzene rings is 4. The average molecular weight is 833 g/mol. The number of amidine groups is 3. The number of fused-ring (bicyclic) bond motifs is 14. The molecule has 7 nitrogen and oxygen atoms in total. The van der Waals surface area contributed by atoms with Crippen LogP contribution in [0.2, 0.25) is 40.2 Å². The molecule has 6 aromatic rings. The molecule has 4 aliphatic heterocycles. The Kier molecular flexibility index (Phi) is 7.03. The number of nitrogens with zero attached hydrogens (tertiary/aromatic N) is 7. The standard InChI is InChI=1S/C33H9Cl8N7.Al.FH/c34-14-1-2-15(35)25-24(14)23-9-22-10-5-18(38)19(39)6-11(10)28(42-22)45-32-26-16(36)3-4-17(37)27(26)33(48-32)47-30-13-8-21(41)20(40)7-12(13)29(44-30)46-31(25)43-23;;/h1-9H;;1H/q-2;+3;/p-1. The molecular formula is C33H9AlCl8FN7. The van der Waals surface area contributed by atoms with Crippen molar-refractivity contribution in [3.63, 3.8) is 0 Å². The van der Waals surface area contributed by atoms with E-state index in [9.17, 15) is 0 Å². The molecule has 0 saturated heterocycles. The average Bonchev–Trinajstić information content (AvgIpc) is 3.78. The summed E-state index contributed by atoms with van der Waals surface area (Å²) in [5.41, 5.74) is 2.50. The van der Waals surface area contributed by atoms with Crippen LogP contribution < -0.4 is 10.8 Å². The largest absolute Gasteiger partial charge is 0.851 e. The second-order valence-electron chi connectivity index (χ2n) is 11.6. The van der Waals surface area contributed by atoms with E-state index in [4.69, 9.17) is 118 Å². The molecule has 10 rings (SSSR count). The molecule has 2 aromatic heterocycles. The fourth-order valence-electron chi connectivity index (χ4n) is 6.84. The molecule has 50 heavy (non-hydrogen) atoms. The van der Waals surface area contributed by atoms with E-state index in [-0.39, 0.29) is 54.7 Å². The predicted octanol–water partition coefficient (Wildman–Crippen LogP) is 10.3. The van der Waals surface area contributed by atoms with Gasteiger partial charge in [-0.1, -0.05) is 92.8 Å². The number of aliphatic imine (C=N–C) groups is 4. The maximum Gasteiger partial charge on any atom is 0.851 e. The smallest absolute Gasteiger partial charge is 0.371 e. The van der Waals surface area contributed by atoms with Gasteiger partial charge in [0.1, 0.15) is 17.1 Å². The van der Waals surface area contributed by atoms with Gasteiger partial charge in [-0.25, -0.2) is 25.0 Å². The van der Waals surface area contributed by atoms with Gasteiger partial charge in [-0.15, -0.1) is 0 Å². The summed E-state index contributed by atoms with van der Waals surface area (Å²) in [4.78, 5) is 24.8. The summed E-state index contributed by atoms with van der Waals surface area (Å²) in [6.07, 6.45) is 1.73. The maximum atomic E-state index is 18.3. The maximum absolute atomic E-state index is 18.3. The highest BCUT2D eigenvalue weighted by Crippen LogP contribution is 2.45. The quantitative estimate of drug-likeness (QED) is 0.137. The molecule has 6 heterocycles. The van der Waals surface area contributed by atoms with Gasteiger partial charge in [0.15, 0.2) is 17.5 Å². The van der Waals surface area contributed by atoms with Gasteiger partial charge in [0.2, 0.25) is 0 Å². The topological polar surface area (TPSA) is 71.7 Å². The van der Waals surface area contributed by atoms with E-state index in [1.54, 1.807) is 54.6 Å². The first-order valence-electron chi connectivity index (χ1n) is 14.6. The molecule has 4 aromatic carbocycles. The third-order valence-corrected chi connectivity index (χ3v) is 13.5. The lowest BCUT2D eigenvalue weighted by Gasteiger charge is -2.13. The fraction of sp³-hybridized carbons (Fsp3) is 0. The van der Waals surface area contributed by atoms with E-state index in [2.05, 4.69) is 0 Å². The second kappa shape index (κ2) is 11.1. The van der Waals surface area contributed by atoms with E-state index in [1.165, 1.54) is 7.10 Å². The van der Waals surface area contributed by atoms with Crippen molar-refractivity contribution in [3.05, 3.63) is 122 Å². The normalized spacial score (nSPS) is 15.3. The fourth-order valence-corrected chi connectivity index (χ4v) is 10.3. The van der Waals surface area contributed by atoms with Crippen LogP contribution in [0, 0.1) is 0 Å². The lowest BCUT2D eigenvalue weighted by molar-refractivity contribution is 0.737.